The minimum absolute atomic E-state index is 0.113. The predicted molar refractivity (Wildman–Crippen MR) is 164 cm³/mol. The van der Waals surface area contributed by atoms with Gasteiger partial charge in [-0.25, -0.2) is 0 Å². The minimum Gasteiger partial charge on any atom is -0.478 e. The first kappa shape index (κ1) is 28.0. The van der Waals surface area contributed by atoms with Crippen molar-refractivity contribution in [1.82, 2.24) is 10.1 Å². The van der Waals surface area contributed by atoms with Crippen LogP contribution in [0, 0.1) is 12.8 Å². The maximum atomic E-state index is 12.5. The Morgan fingerprint density at radius 1 is 0.952 bits per heavy atom. The van der Waals surface area contributed by atoms with Gasteiger partial charge in [0.25, 0.3) is 0 Å². The van der Waals surface area contributed by atoms with Crippen LogP contribution in [0.2, 0.25) is 0 Å². The molecule has 0 amide bonds. The largest absolute Gasteiger partial charge is 0.478 e. The van der Waals surface area contributed by atoms with E-state index in [9.17, 15) is 4.79 Å². The summed E-state index contributed by atoms with van der Waals surface area (Å²) in [5.74, 6) is 2.63. The number of anilines is 2. The van der Waals surface area contributed by atoms with Gasteiger partial charge >= 0.3 is 5.97 Å². The average molecular weight is 566 g/mol. The molecule has 2 aromatic carbocycles. The molecule has 2 fully saturated rings. The summed E-state index contributed by atoms with van der Waals surface area (Å²) in [7, 11) is 0. The summed E-state index contributed by atoms with van der Waals surface area (Å²) >= 11 is 0. The third kappa shape index (κ3) is 6.06. The van der Waals surface area contributed by atoms with Crippen molar-refractivity contribution in [3.8, 4) is 28.3 Å². The van der Waals surface area contributed by atoms with E-state index in [-0.39, 0.29) is 5.97 Å². The first-order valence-corrected chi connectivity index (χ1v) is 15.3. The molecular weight excluding hydrogens is 526 g/mol. The molecule has 0 spiro atoms. The SMILES string of the molecule is CCOC(=O)C1(c2ccc(-c3ccc(-c4onc(C)c4Nc4cccc(OCCC5CCCCC5)n4)cc3)cc2)CC1. The summed E-state index contributed by atoms with van der Waals surface area (Å²) < 4.78 is 17.1. The fourth-order valence-corrected chi connectivity index (χ4v) is 6.01. The van der Waals surface area contributed by atoms with E-state index >= 15 is 0 Å². The van der Waals surface area contributed by atoms with E-state index in [2.05, 4.69) is 51.9 Å². The topological polar surface area (TPSA) is 86.5 Å². The second kappa shape index (κ2) is 12.4. The third-order valence-electron chi connectivity index (χ3n) is 8.67. The van der Waals surface area contributed by atoms with Gasteiger partial charge in [-0.3, -0.25) is 4.79 Å². The number of hydrogen-bond acceptors (Lipinski definition) is 7. The molecule has 0 aliphatic heterocycles. The van der Waals surface area contributed by atoms with Crippen LogP contribution in [0.4, 0.5) is 11.5 Å². The Balaban J connectivity index is 1.12. The molecule has 0 saturated heterocycles. The van der Waals surface area contributed by atoms with E-state index in [0.29, 0.717) is 30.7 Å². The zero-order valence-electron chi connectivity index (χ0n) is 24.5. The highest BCUT2D eigenvalue weighted by Crippen LogP contribution is 2.49. The van der Waals surface area contributed by atoms with Gasteiger partial charge in [0.05, 0.1) is 18.6 Å². The van der Waals surface area contributed by atoms with Crippen molar-refractivity contribution in [3.63, 3.8) is 0 Å². The molecule has 2 aliphatic carbocycles. The summed E-state index contributed by atoms with van der Waals surface area (Å²) in [5.41, 5.74) is 5.19. The average Bonchev–Trinajstić information content (AvgIpc) is 3.77. The van der Waals surface area contributed by atoms with Crippen LogP contribution in [0.1, 0.15) is 69.5 Å². The lowest BCUT2D eigenvalue weighted by Gasteiger charge is -2.21. The summed E-state index contributed by atoms with van der Waals surface area (Å²) in [6, 6.07) is 22.2. The van der Waals surface area contributed by atoms with E-state index in [0.717, 1.165) is 58.8 Å². The zero-order valence-corrected chi connectivity index (χ0v) is 24.5. The molecular formula is C35H39N3O4. The Kier molecular flexibility index (Phi) is 8.27. The normalized spacial score (nSPS) is 16.1. The van der Waals surface area contributed by atoms with Gasteiger partial charge in [-0.05, 0) is 61.8 Å². The first-order valence-electron chi connectivity index (χ1n) is 15.3. The Labute approximate surface area is 247 Å². The molecule has 0 bridgehead atoms. The van der Waals surface area contributed by atoms with Gasteiger partial charge in [0.1, 0.15) is 17.2 Å². The Bertz CT molecular complexity index is 1500. The van der Waals surface area contributed by atoms with Crippen molar-refractivity contribution in [2.75, 3.05) is 18.5 Å². The summed E-state index contributed by atoms with van der Waals surface area (Å²) in [5, 5.41) is 7.63. The molecule has 6 rings (SSSR count). The molecule has 7 heteroatoms. The molecule has 2 aliphatic rings. The number of aryl methyl sites for hydroxylation is 1. The van der Waals surface area contributed by atoms with Crippen LogP contribution in [0.5, 0.6) is 5.88 Å². The second-order valence-corrected chi connectivity index (χ2v) is 11.6. The number of esters is 1. The number of benzene rings is 2. The standard InChI is InChI=1S/C35H39N3O4/c1-3-40-34(39)35(21-22-35)29-18-16-27(17-19-29)26-12-14-28(15-13-26)33-32(24(2)38-42-33)37-30-10-7-11-31(36-30)41-23-20-25-8-5-4-6-9-25/h7,10-19,25H,3-6,8-9,20-23H2,1-2H3,(H,36,37). The van der Waals surface area contributed by atoms with Gasteiger partial charge in [0, 0.05) is 11.6 Å². The molecule has 7 nitrogen and oxygen atoms in total. The van der Waals surface area contributed by atoms with E-state index in [1.54, 1.807) is 0 Å². The van der Waals surface area contributed by atoms with Crippen molar-refractivity contribution in [3.05, 3.63) is 78.0 Å². The molecule has 0 radical (unpaired) electrons. The quantitative estimate of drug-likeness (QED) is 0.183. The number of rotatable bonds is 11. The summed E-state index contributed by atoms with van der Waals surface area (Å²) in [6.45, 7) is 4.87. The number of aromatic nitrogens is 2. The molecule has 2 aromatic heterocycles. The summed E-state index contributed by atoms with van der Waals surface area (Å²) in [6.07, 6.45) is 9.48. The third-order valence-corrected chi connectivity index (χ3v) is 8.67. The predicted octanol–water partition coefficient (Wildman–Crippen LogP) is 8.40. The van der Waals surface area contributed by atoms with Crippen molar-refractivity contribution in [1.29, 1.82) is 0 Å². The monoisotopic (exact) mass is 565 g/mol. The Morgan fingerprint density at radius 2 is 1.64 bits per heavy atom. The number of carbonyl (C=O) groups excluding carboxylic acids is 1. The Hall–Kier alpha value is -4.13. The number of hydrogen-bond donors (Lipinski definition) is 1. The molecule has 42 heavy (non-hydrogen) atoms. The highest BCUT2D eigenvalue weighted by molar-refractivity contribution is 5.87. The van der Waals surface area contributed by atoms with Crippen LogP contribution < -0.4 is 10.1 Å². The number of nitrogens with one attached hydrogen (secondary N) is 1. The number of ether oxygens (including phenoxy) is 2. The van der Waals surface area contributed by atoms with Crippen LogP contribution in [-0.2, 0) is 14.9 Å². The lowest BCUT2D eigenvalue weighted by Crippen LogP contribution is -2.23. The fourth-order valence-electron chi connectivity index (χ4n) is 6.01. The van der Waals surface area contributed by atoms with Crippen molar-refractivity contribution in [2.24, 2.45) is 5.92 Å². The zero-order chi connectivity index (χ0) is 28.9. The maximum absolute atomic E-state index is 12.5. The molecule has 2 saturated carbocycles. The van der Waals surface area contributed by atoms with Gasteiger partial charge in [-0.2, -0.15) is 4.98 Å². The highest BCUT2D eigenvalue weighted by atomic mass is 16.5. The van der Waals surface area contributed by atoms with Crippen molar-refractivity contribution in [2.45, 2.75) is 70.6 Å². The molecule has 0 unspecified atom stereocenters. The lowest BCUT2D eigenvalue weighted by atomic mass is 9.87. The highest BCUT2D eigenvalue weighted by Gasteiger charge is 2.52. The van der Waals surface area contributed by atoms with Gasteiger partial charge in [0.15, 0.2) is 5.76 Å². The van der Waals surface area contributed by atoms with Crippen LogP contribution in [-0.4, -0.2) is 29.3 Å². The molecule has 4 aromatic rings. The molecule has 2 heterocycles. The smallest absolute Gasteiger partial charge is 0.316 e. The summed E-state index contributed by atoms with van der Waals surface area (Å²) in [4.78, 5) is 17.1. The van der Waals surface area contributed by atoms with Crippen molar-refractivity contribution < 1.29 is 18.8 Å². The van der Waals surface area contributed by atoms with Crippen LogP contribution in [0.25, 0.3) is 22.5 Å². The number of carbonyl (C=O) groups is 1. The maximum Gasteiger partial charge on any atom is 0.316 e. The van der Waals surface area contributed by atoms with E-state index in [4.69, 9.17) is 14.0 Å². The van der Waals surface area contributed by atoms with Gasteiger partial charge in [-0.1, -0.05) is 91.9 Å². The molecule has 218 valence electrons. The molecule has 0 atom stereocenters. The van der Waals surface area contributed by atoms with Crippen molar-refractivity contribution >= 4 is 17.5 Å². The minimum atomic E-state index is -0.457. The van der Waals surface area contributed by atoms with E-state index in [1.807, 2.05) is 44.2 Å². The lowest BCUT2D eigenvalue weighted by molar-refractivity contribution is -0.146. The fraction of sp³-hybridized carbons (Fsp3) is 0.400. The van der Waals surface area contributed by atoms with E-state index < -0.39 is 5.41 Å². The number of pyridine rings is 1. The number of nitrogens with zero attached hydrogens (tertiary/aromatic N) is 2. The first-order chi connectivity index (χ1) is 20.6. The second-order valence-electron chi connectivity index (χ2n) is 11.6. The molecule has 1 N–H and O–H groups in total. The van der Waals surface area contributed by atoms with Gasteiger partial charge < -0.3 is 19.3 Å². The van der Waals surface area contributed by atoms with Gasteiger partial charge in [0.2, 0.25) is 5.88 Å². The van der Waals surface area contributed by atoms with Crippen LogP contribution in [0.3, 0.4) is 0 Å². The van der Waals surface area contributed by atoms with Gasteiger partial charge in [-0.15, -0.1) is 0 Å². The van der Waals surface area contributed by atoms with Crippen LogP contribution in [0.15, 0.2) is 71.3 Å². The van der Waals surface area contributed by atoms with Crippen LogP contribution >= 0.6 is 0 Å². The Morgan fingerprint density at radius 3 is 2.33 bits per heavy atom. The van der Waals surface area contributed by atoms with E-state index in [1.165, 1.54) is 32.1 Å².